The van der Waals surface area contributed by atoms with Gasteiger partial charge in [0.15, 0.2) is 5.01 Å². The van der Waals surface area contributed by atoms with Crippen molar-refractivity contribution < 1.29 is 0 Å². The van der Waals surface area contributed by atoms with E-state index >= 15 is 0 Å². The fourth-order valence-electron chi connectivity index (χ4n) is 5.03. The molecular formula is C27H24N8S2. The van der Waals surface area contributed by atoms with Crippen molar-refractivity contribution in [3.05, 3.63) is 83.1 Å². The summed E-state index contributed by atoms with van der Waals surface area (Å²) >= 11 is 3.12. The van der Waals surface area contributed by atoms with Crippen LogP contribution < -0.4 is 0 Å². The number of likely N-dealkylation sites (tertiary alicyclic amines) is 1. The van der Waals surface area contributed by atoms with Gasteiger partial charge in [0, 0.05) is 35.2 Å². The maximum absolute atomic E-state index is 4.91. The number of aromatic nitrogens is 7. The van der Waals surface area contributed by atoms with Crippen LogP contribution in [0, 0.1) is 0 Å². The van der Waals surface area contributed by atoms with Gasteiger partial charge in [-0.1, -0.05) is 65.9 Å². The van der Waals surface area contributed by atoms with Crippen molar-refractivity contribution in [3.8, 4) is 33.3 Å². The minimum atomic E-state index is 0.416. The van der Waals surface area contributed by atoms with E-state index in [4.69, 9.17) is 9.97 Å². The monoisotopic (exact) mass is 524 g/mol. The Hall–Kier alpha value is -3.73. The number of hydrogen-bond donors (Lipinski definition) is 1. The number of rotatable bonds is 6. The first-order valence-electron chi connectivity index (χ1n) is 12.3. The SMILES string of the molecule is c1ccc(-c2c(-c3ccc(CN4CCC(c5nc(-c6nccs6)n[nH]5)CC4)cc3)nc3scnn23)cc1. The molecule has 0 radical (unpaired) electrons. The highest BCUT2D eigenvalue weighted by Gasteiger charge is 2.24. The summed E-state index contributed by atoms with van der Waals surface area (Å²) in [6.07, 6.45) is 3.94. The predicted molar refractivity (Wildman–Crippen MR) is 146 cm³/mol. The van der Waals surface area contributed by atoms with Crippen molar-refractivity contribution in [3.63, 3.8) is 0 Å². The summed E-state index contributed by atoms with van der Waals surface area (Å²) < 4.78 is 1.95. The van der Waals surface area contributed by atoms with E-state index in [1.54, 1.807) is 28.9 Å². The summed E-state index contributed by atoms with van der Waals surface area (Å²) in [7, 11) is 0. The van der Waals surface area contributed by atoms with Gasteiger partial charge in [0.25, 0.3) is 0 Å². The number of nitrogens with one attached hydrogen (secondary N) is 1. The molecule has 7 rings (SSSR count). The first-order valence-corrected chi connectivity index (χ1v) is 14.1. The number of benzene rings is 2. The number of aromatic amines is 1. The standard InChI is InChI=1S/C27H24N8S2/c1-2-4-20(5-3-1)23-22(30-27-35(23)29-17-37-27)19-8-6-18(7-9-19)16-34-13-10-21(11-14-34)24-31-25(33-32-24)26-28-12-15-36-26/h1-9,12,15,17,21H,10-11,13-14,16H2,(H,31,32,33). The van der Waals surface area contributed by atoms with Gasteiger partial charge in [-0.25, -0.2) is 19.5 Å². The summed E-state index contributed by atoms with van der Waals surface area (Å²) in [5.41, 5.74) is 7.40. The van der Waals surface area contributed by atoms with Crippen molar-refractivity contribution >= 4 is 27.6 Å². The van der Waals surface area contributed by atoms with Gasteiger partial charge in [-0.05, 0) is 31.5 Å². The fourth-order valence-corrected chi connectivity index (χ4v) is 6.21. The highest BCUT2D eigenvalue weighted by Crippen LogP contribution is 2.34. The molecule has 6 aromatic rings. The Balaban J connectivity index is 1.03. The molecule has 1 fully saturated rings. The zero-order valence-electron chi connectivity index (χ0n) is 20.0. The molecular weight excluding hydrogens is 500 g/mol. The van der Waals surface area contributed by atoms with E-state index in [2.05, 4.69) is 73.7 Å². The first-order chi connectivity index (χ1) is 18.3. The Morgan fingerprint density at radius 1 is 0.919 bits per heavy atom. The Kier molecular flexibility index (Phi) is 5.84. The van der Waals surface area contributed by atoms with Crippen LogP contribution in [0.3, 0.4) is 0 Å². The van der Waals surface area contributed by atoms with Crippen molar-refractivity contribution in [1.82, 2.24) is 39.7 Å². The second-order valence-electron chi connectivity index (χ2n) is 9.24. The normalized spacial score (nSPS) is 15.0. The zero-order chi connectivity index (χ0) is 24.6. The predicted octanol–water partition coefficient (Wildman–Crippen LogP) is 5.75. The number of hydrogen-bond acceptors (Lipinski definition) is 8. The van der Waals surface area contributed by atoms with Gasteiger partial charge in [-0.15, -0.1) is 11.3 Å². The minimum absolute atomic E-state index is 0.416. The van der Waals surface area contributed by atoms with Crippen LogP contribution in [-0.4, -0.2) is 52.8 Å². The van der Waals surface area contributed by atoms with Crippen LogP contribution in [-0.2, 0) is 6.54 Å². The minimum Gasteiger partial charge on any atom is -0.299 e. The molecule has 1 N–H and O–H groups in total. The molecule has 0 atom stereocenters. The fraction of sp³-hybridized carbons (Fsp3) is 0.222. The van der Waals surface area contributed by atoms with Crippen molar-refractivity contribution in [1.29, 1.82) is 0 Å². The van der Waals surface area contributed by atoms with Crippen LogP contribution >= 0.6 is 22.7 Å². The van der Waals surface area contributed by atoms with Gasteiger partial charge >= 0.3 is 0 Å². The van der Waals surface area contributed by atoms with Crippen LogP contribution in [0.1, 0.15) is 30.1 Å². The van der Waals surface area contributed by atoms with E-state index in [0.29, 0.717) is 11.7 Å². The molecule has 0 amide bonds. The van der Waals surface area contributed by atoms with Crippen molar-refractivity contribution in [2.24, 2.45) is 0 Å². The lowest BCUT2D eigenvalue weighted by atomic mass is 9.95. The summed E-state index contributed by atoms with van der Waals surface area (Å²) in [5.74, 6) is 2.11. The smallest absolute Gasteiger partial charge is 0.213 e. The molecule has 0 unspecified atom stereocenters. The first kappa shape index (κ1) is 22.5. The summed E-state index contributed by atoms with van der Waals surface area (Å²) in [6, 6.07) is 19.2. The van der Waals surface area contributed by atoms with Gasteiger partial charge in [0.2, 0.25) is 10.8 Å². The molecule has 184 valence electrons. The van der Waals surface area contributed by atoms with E-state index in [9.17, 15) is 0 Å². The third kappa shape index (κ3) is 4.37. The summed E-state index contributed by atoms with van der Waals surface area (Å²) in [6.45, 7) is 3.03. The lowest BCUT2D eigenvalue weighted by Gasteiger charge is -2.30. The molecule has 5 heterocycles. The second kappa shape index (κ2) is 9.62. The largest absolute Gasteiger partial charge is 0.299 e. The van der Waals surface area contributed by atoms with E-state index in [-0.39, 0.29) is 0 Å². The molecule has 1 aliphatic heterocycles. The Bertz CT molecular complexity index is 1610. The lowest BCUT2D eigenvalue weighted by molar-refractivity contribution is 0.202. The topological polar surface area (TPSA) is 87.9 Å². The van der Waals surface area contributed by atoms with Crippen LogP contribution in [0.25, 0.3) is 38.3 Å². The molecule has 2 aromatic carbocycles. The maximum Gasteiger partial charge on any atom is 0.213 e. The average molecular weight is 525 g/mol. The quantitative estimate of drug-likeness (QED) is 0.299. The van der Waals surface area contributed by atoms with Crippen LogP contribution in [0.2, 0.25) is 0 Å². The molecule has 4 aromatic heterocycles. The summed E-state index contributed by atoms with van der Waals surface area (Å²) in [4.78, 5) is 17.4. The molecule has 8 nitrogen and oxygen atoms in total. The maximum atomic E-state index is 4.91. The highest BCUT2D eigenvalue weighted by molar-refractivity contribution is 7.14. The molecule has 37 heavy (non-hydrogen) atoms. The number of thiazole rings is 1. The Labute approximate surface area is 221 Å². The van der Waals surface area contributed by atoms with Gasteiger partial charge in [0.1, 0.15) is 22.7 Å². The van der Waals surface area contributed by atoms with Crippen molar-refractivity contribution in [2.45, 2.75) is 25.3 Å². The van der Waals surface area contributed by atoms with Crippen LogP contribution in [0.4, 0.5) is 0 Å². The average Bonchev–Trinajstić information content (AvgIpc) is 3.75. The third-order valence-corrected chi connectivity index (χ3v) is 8.37. The number of imidazole rings is 1. The van der Waals surface area contributed by atoms with Gasteiger partial charge in [-0.2, -0.15) is 10.2 Å². The Morgan fingerprint density at radius 2 is 1.76 bits per heavy atom. The molecule has 0 bridgehead atoms. The molecule has 10 heteroatoms. The molecule has 0 saturated carbocycles. The van der Waals surface area contributed by atoms with Crippen LogP contribution in [0.15, 0.2) is 71.7 Å². The van der Waals surface area contributed by atoms with E-state index < -0.39 is 0 Å². The van der Waals surface area contributed by atoms with Gasteiger partial charge in [0.05, 0.1) is 0 Å². The molecule has 0 aliphatic carbocycles. The summed E-state index contributed by atoms with van der Waals surface area (Å²) in [5, 5.41) is 14.9. The van der Waals surface area contributed by atoms with Crippen LogP contribution in [0.5, 0.6) is 0 Å². The number of nitrogens with zero attached hydrogens (tertiary/aromatic N) is 7. The van der Waals surface area contributed by atoms with E-state index in [0.717, 1.165) is 70.8 Å². The molecule has 0 spiro atoms. The van der Waals surface area contributed by atoms with Gasteiger partial charge in [-0.3, -0.25) is 10.00 Å². The molecule has 1 aliphatic rings. The zero-order valence-corrected chi connectivity index (χ0v) is 21.6. The van der Waals surface area contributed by atoms with E-state index in [1.807, 2.05) is 21.5 Å². The second-order valence-corrected chi connectivity index (χ2v) is 10.9. The number of fused-ring (bicyclic) bond motifs is 1. The number of H-pyrrole nitrogens is 1. The highest BCUT2D eigenvalue weighted by atomic mass is 32.1. The van der Waals surface area contributed by atoms with Gasteiger partial charge < -0.3 is 0 Å². The van der Waals surface area contributed by atoms with Crippen molar-refractivity contribution in [2.75, 3.05) is 13.1 Å². The third-order valence-electron chi connectivity index (χ3n) is 6.93. The lowest BCUT2D eigenvalue weighted by Crippen LogP contribution is -2.32. The van der Waals surface area contributed by atoms with E-state index in [1.165, 1.54) is 5.56 Å². The Morgan fingerprint density at radius 3 is 2.54 bits per heavy atom. The molecule has 1 saturated heterocycles. The number of piperidine rings is 1.